The van der Waals surface area contributed by atoms with Gasteiger partial charge in [-0.1, -0.05) is 18.2 Å². The highest BCUT2D eigenvalue weighted by Crippen LogP contribution is 2.34. The number of methoxy groups -OCH3 is 1. The van der Waals surface area contributed by atoms with Gasteiger partial charge in [-0.25, -0.2) is 10.9 Å². The van der Waals surface area contributed by atoms with Gasteiger partial charge in [-0.05, 0) is 36.2 Å². The van der Waals surface area contributed by atoms with Crippen LogP contribution in [0.1, 0.15) is 39.1 Å². The lowest BCUT2D eigenvalue weighted by molar-refractivity contribution is -0.151. The summed E-state index contributed by atoms with van der Waals surface area (Å²) >= 11 is 0. The Morgan fingerprint density at radius 2 is 1.77 bits per heavy atom. The van der Waals surface area contributed by atoms with Gasteiger partial charge >= 0.3 is 0 Å². The molecule has 0 spiro atoms. The van der Waals surface area contributed by atoms with E-state index in [2.05, 4.69) is 0 Å². The molecule has 9 nitrogen and oxygen atoms in total. The molecule has 0 saturated carbocycles. The van der Waals surface area contributed by atoms with E-state index in [1.165, 1.54) is 6.07 Å². The van der Waals surface area contributed by atoms with Gasteiger partial charge in [0.2, 0.25) is 5.91 Å². The molecule has 0 aromatic heterocycles. The first-order chi connectivity index (χ1) is 14.4. The number of nitrogens with two attached hydrogens (primary N) is 1. The zero-order chi connectivity index (χ0) is 21.4. The maximum absolute atomic E-state index is 13.1. The molecule has 1 saturated heterocycles. The Balaban J connectivity index is 1.58. The van der Waals surface area contributed by atoms with Crippen molar-refractivity contribution in [3.63, 3.8) is 0 Å². The number of fused-ring (bicyclic) bond motifs is 1. The molecule has 0 aliphatic carbocycles. The van der Waals surface area contributed by atoms with E-state index in [9.17, 15) is 19.2 Å². The van der Waals surface area contributed by atoms with Crippen molar-refractivity contribution in [2.75, 3.05) is 7.11 Å². The van der Waals surface area contributed by atoms with Gasteiger partial charge in [-0.15, -0.1) is 0 Å². The average Bonchev–Trinajstić information content (AvgIpc) is 3.02. The molecule has 4 amide bonds. The SMILES string of the molecule is COc1ccc(COc2cccc3c2C(=O)N(C2CCC(=O)N(N)C2=O)C3=O)cc1. The minimum Gasteiger partial charge on any atom is -0.497 e. The first kappa shape index (κ1) is 19.6. The molecule has 2 aliphatic heterocycles. The van der Waals surface area contributed by atoms with Crippen LogP contribution in [0.4, 0.5) is 0 Å². The van der Waals surface area contributed by atoms with Crippen LogP contribution in [0.15, 0.2) is 42.5 Å². The molecule has 1 unspecified atom stereocenters. The minimum atomic E-state index is -1.12. The second-order valence-electron chi connectivity index (χ2n) is 6.95. The Morgan fingerprint density at radius 1 is 1.03 bits per heavy atom. The molecular weight excluding hydrogens is 390 g/mol. The molecule has 9 heteroatoms. The molecule has 4 rings (SSSR count). The number of carbonyl (C=O) groups excluding carboxylic acids is 4. The lowest BCUT2D eigenvalue weighted by Gasteiger charge is -2.31. The quantitative estimate of drug-likeness (QED) is 0.448. The van der Waals surface area contributed by atoms with Crippen molar-refractivity contribution >= 4 is 23.6 Å². The standard InChI is InChI=1S/C21H19N3O6/c1-29-13-7-5-12(6-8-13)11-30-16-4-2-3-14-18(16)21(28)23(19(14)26)15-9-10-17(25)24(22)20(15)27/h2-8,15H,9-11,22H2,1H3. The van der Waals surface area contributed by atoms with Crippen LogP contribution >= 0.6 is 0 Å². The molecular formula is C21H19N3O6. The van der Waals surface area contributed by atoms with E-state index in [4.69, 9.17) is 15.3 Å². The predicted molar refractivity (Wildman–Crippen MR) is 103 cm³/mol. The lowest BCUT2D eigenvalue weighted by Crippen LogP contribution is -2.58. The fraction of sp³-hybridized carbons (Fsp3) is 0.238. The maximum atomic E-state index is 13.1. The van der Waals surface area contributed by atoms with Gasteiger partial charge < -0.3 is 9.47 Å². The van der Waals surface area contributed by atoms with Gasteiger partial charge in [0.25, 0.3) is 17.7 Å². The first-order valence-corrected chi connectivity index (χ1v) is 9.30. The van der Waals surface area contributed by atoms with Crippen LogP contribution in [-0.2, 0) is 16.2 Å². The summed E-state index contributed by atoms with van der Waals surface area (Å²) in [5.41, 5.74) is 1.10. The number of ether oxygens (including phenoxy) is 2. The highest BCUT2D eigenvalue weighted by molar-refractivity contribution is 6.24. The number of piperidine rings is 1. The number of hydrazine groups is 1. The molecule has 2 heterocycles. The maximum Gasteiger partial charge on any atom is 0.266 e. The molecule has 2 aromatic rings. The van der Waals surface area contributed by atoms with Crippen molar-refractivity contribution in [3.05, 3.63) is 59.2 Å². The molecule has 2 N–H and O–H groups in total. The van der Waals surface area contributed by atoms with E-state index in [0.29, 0.717) is 10.8 Å². The zero-order valence-corrected chi connectivity index (χ0v) is 16.2. The van der Waals surface area contributed by atoms with Crippen molar-refractivity contribution in [2.45, 2.75) is 25.5 Å². The van der Waals surface area contributed by atoms with Gasteiger partial charge in [-0.3, -0.25) is 24.1 Å². The number of hydrogen-bond donors (Lipinski definition) is 1. The summed E-state index contributed by atoms with van der Waals surface area (Å²) in [4.78, 5) is 50.8. The average molecular weight is 409 g/mol. The second kappa shape index (κ2) is 7.60. The number of rotatable bonds is 5. The molecule has 2 aromatic carbocycles. The van der Waals surface area contributed by atoms with Gasteiger partial charge in [0, 0.05) is 6.42 Å². The summed E-state index contributed by atoms with van der Waals surface area (Å²) in [5.74, 6) is 3.88. The number of nitrogens with zero attached hydrogens (tertiary/aromatic N) is 2. The van der Waals surface area contributed by atoms with Crippen LogP contribution < -0.4 is 15.3 Å². The molecule has 0 bridgehead atoms. The molecule has 30 heavy (non-hydrogen) atoms. The van der Waals surface area contributed by atoms with E-state index in [1.54, 1.807) is 31.4 Å². The van der Waals surface area contributed by atoms with Crippen LogP contribution in [0.25, 0.3) is 0 Å². The van der Waals surface area contributed by atoms with Crippen LogP contribution in [0, 0.1) is 0 Å². The molecule has 0 radical (unpaired) electrons. The van der Waals surface area contributed by atoms with Crippen LogP contribution in [0.3, 0.4) is 0 Å². The third-order valence-corrected chi connectivity index (χ3v) is 5.20. The summed E-state index contributed by atoms with van der Waals surface area (Å²) in [6.07, 6.45) is 0.0139. The first-order valence-electron chi connectivity index (χ1n) is 9.30. The van der Waals surface area contributed by atoms with E-state index < -0.39 is 29.7 Å². The number of imide groups is 2. The summed E-state index contributed by atoms with van der Waals surface area (Å²) in [5, 5.41) is 0.471. The van der Waals surface area contributed by atoms with Crippen molar-refractivity contribution in [1.82, 2.24) is 9.91 Å². The normalized spacial score (nSPS) is 18.7. The number of amides is 4. The third kappa shape index (κ3) is 3.18. The van der Waals surface area contributed by atoms with E-state index in [0.717, 1.165) is 10.5 Å². The third-order valence-electron chi connectivity index (χ3n) is 5.20. The van der Waals surface area contributed by atoms with Crippen LogP contribution in [0.2, 0.25) is 0 Å². The predicted octanol–water partition coefficient (Wildman–Crippen LogP) is 1.26. The summed E-state index contributed by atoms with van der Waals surface area (Å²) in [6.45, 7) is 0.176. The minimum absolute atomic E-state index is 0.0266. The topological polar surface area (TPSA) is 119 Å². The summed E-state index contributed by atoms with van der Waals surface area (Å²) in [6, 6.07) is 10.8. The lowest BCUT2D eigenvalue weighted by atomic mass is 10.0. The highest BCUT2D eigenvalue weighted by Gasteiger charge is 2.47. The Morgan fingerprint density at radius 3 is 2.47 bits per heavy atom. The van der Waals surface area contributed by atoms with Crippen LogP contribution in [0.5, 0.6) is 11.5 Å². The van der Waals surface area contributed by atoms with Gasteiger partial charge in [0.05, 0.1) is 18.2 Å². The van der Waals surface area contributed by atoms with Crippen LogP contribution in [-0.4, -0.2) is 46.7 Å². The van der Waals surface area contributed by atoms with E-state index >= 15 is 0 Å². The fourth-order valence-corrected chi connectivity index (χ4v) is 3.59. The van der Waals surface area contributed by atoms with Gasteiger partial charge in [0.1, 0.15) is 24.1 Å². The fourth-order valence-electron chi connectivity index (χ4n) is 3.59. The molecule has 1 atom stereocenters. The highest BCUT2D eigenvalue weighted by atomic mass is 16.5. The Hall–Kier alpha value is -3.72. The van der Waals surface area contributed by atoms with Crippen molar-refractivity contribution in [1.29, 1.82) is 0 Å². The second-order valence-corrected chi connectivity index (χ2v) is 6.95. The largest absolute Gasteiger partial charge is 0.497 e. The summed E-state index contributed by atoms with van der Waals surface area (Å²) in [7, 11) is 1.57. The van der Waals surface area contributed by atoms with E-state index in [1.807, 2.05) is 12.1 Å². The molecule has 1 fully saturated rings. The Kier molecular flexibility index (Phi) is 4.96. The number of hydrogen-bond acceptors (Lipinski definition) is 7. The van der Waals surface area contributed by atoms with E-state index in [-0.39, 0.29) is 36.3 Å². The van der Waals surface area contributed by atoms with Gasteiger partial charge in [0.15, 0.2) is 0 Å². The molecule has 2 aliphatic rings. The monoisotopic (exact) mass is 409 g/mol. The smallest absolute Gasteiger partial charge is 0.266 e. The van der Waals surface area contributed by atoms with Crippen molar-refractivity contribution in [2.24, 2.45) is 5.84 Å². The Labute approximate surface area is 171 Å². The Bertz CT molecular complexity index is 1050. The van der Waals surface area contributed by atoms with Crippen molar-refractivity contribution < 1.29 is 28.7 Å². The summed E-state index contributed by atoms with van der Waals surface area (Å²) < 4.78 is 10.9. The zero-order valence-electron chi connectivity index (χ0n) is 16.2. The van der Waals surface area contributed by atoms with Crippen molar-refractivity contribution in [3.8, 4) is 11.5 Å². The molecule has 154 valence electrons. The number of carbonyl (C=O) groups is 4. The van der Waals surface area contributed by atoms with Gasteiger partial charge in [-0.2, -0.15) is 0 Å². The number of benzene rings is 2.